The predicted octanol–water partition coefficient (Wildman–Crippen LogP) is 1.92. The van der Waals surface area contributed by atoms with Crippen LogP contribution in [0.25, 0.3) is 0 Å². The lowest BCUT2D eigenvalue weighted by atomic mass is 9.97. The molecule has 1 saturated carbocycles. The van der Waals surface area contributed by atoms with Gasteiger partial charge in [0.15, 0.2) is 0 Å². The fourth-order valence-corrected chi connectivity index (χ4v) is 2.57. The molecule has 1 aliphatic carbocycles. The topological polar surface area (TPSA) is 68.3 Å². The van der Waals surface area contributed by atoms with Crippen LogP contribution in [0.15, 0.2) is 16.7 Å². The van der Waals surface area contributed by atoms with Gasteiger partial charge in [0.25, 0.3) is 5.91 Å². The maximum Gasteiger partial charge on any atom is 0.255 e. The molecule has 4 nitrogen and oxygen atoms in total. The molecule has 1 heterocycles. The summed E-state index contributed by atoms with van der Waals surface area (Å²) in [5.74, 6) is 0.449. The molecule has 1 aliphatic rings. The number of nitrogens with one attached hydrogen (secondary N) is 1. The lowest BCUT2D eigenvalue weighted by molar-refractivity contribution is 0.0923. The van der Waals surface area contributed by atoms with Crippen LogP contribution in [0.4, 0.5) is 0 Å². The van der Waals surface area contributed by atoms with Gasteiger partial charge in [-0.25, -0.2) is 0 Å². The number of furan rings is 1. The highest BCUT2D eigenvalue weighted by Gasteiger charge is 2.38. The van der Waals surface area contributed by atoms with Crippen molar-refractivity contribution >= 4 is 23.1 Å². The van der Waals surface area contributed by atoms with E-state index in [-0.39, 0.29) is 5.91 Å². The van der Waals surface area contributed by atoms with E-state index in [2.05, 4.69) is 5.32 Å². The molecule has 0 atom stereocenters. The Morgan fingerprint density at radius 2 is 2.18 bits per heavy atom. The van der Waals surface area contributed by atoms with E-state index in [1.165, 1.54) is 6.26 Å². The number of carbonyl (C=O) groups is 1. The summed E-state index contributed by atoms with van der Waals surface area (Å²) < 4.78 is 5.12. The number of hydrogen-bond donors (Lipinski definition) is 2. The molecule has 0 aliphatic heterocycles. The monoisotopic (exact) mass is 252 g/mol. The molecule has 2 rings (SSSR count). The van der Waals surface area contributed by atoms with E-state index in [1.807, 2.05) is 0 Å². The van der Waals surface area contributed by atoms with E-state index >= 15 is 0 Å². The van der Waals surface area contributed by atoms with Crippen LogP contribution in [-0.4, -0.2) is 16.4 Å². The van der Waals surface area contributed by atoms with E-state index in [9.17, 15) is 4.79 Å². The highest BCUT2D eigenvalue weighted by atomic mass is 32.1. The molecule has 0 aromatic carbocycles. The summed E-state index contributed by atoms with van der Waals surface area (Å²) in [7, 11) is 0. The maximum absolute atomic E-state index is 12.1. The maximum atomic E-state index is 12.1. The molecule has 0 bridgehead atoms. The summed E-state index contributed by atoms with van der Waals surface area (Å²) in [5.41, 5.74) is 5.81. The smallest absolute Gasteiger partial charge is 0.255 e. The number of nitrogens with two attached hydrogens (primary N) is 1. The molecular formula is C12H16N2O2S. The largest absolute Gasteiger partial charge is 0.469 e. The van der Waals surface area contributed by atoms with Gasteiger partial charge in [-0.15, -0.1) is 0 Å². The first-order chi connectivity index (χ1) is 8.05. The van der Waals surface area contributed by atoms with Gasteiger partial charge in [-0.2, -0.15) is 0 Å². The predicted molar refractivity (Wildman–Crippen MR) is 68.9 cm³/mol. The van der Waals surface area contributed by atoms with Gasteiger partial charge in [0.05, 0.1) is 22.4 Å². The minimum atomic E-state index is -0.504. The Labute approximate surface area is 106 Å². The zero-order valence-corrected chi connectivity index (χ0v) is 10.6. The van der Waals surface area contributed by atoms with Gasteiger partial charge < -0.3 is 15.5 Å². The third kappa shape index (κ3) is 2.20. The molecule has 0 radical (unpaired) electrons. The van der Waals surface area contributed by atoms with Crippen LogP contribution in [0.2, 0.25) is 0 Å². The Morgan fingerprint density at radius 1 is 1.53 bits per heavy atom. The van der Waals surface area contributed by atoms with Crippen molar-refractivity contribution in [2.24, 2.45) is 5.73 Å². The van der Waals surface area contributed by atoms with Crippen LogP contribution in [0.1, 0.15) is 41.8 Å². The second-order valence-electron chi connectivity index (χ2n) is 4.50. The zero-order valence-electron chi connectivity index (χ0n) is 9.79. The van der Waals surface area contributed by atoms with Gasteiger partial charge in [0.1, 0.15) is 5.76 Å². The number of carbonyl (C=O) groups excluding carboxylic acids is 1. The Morgan fingerprint density at radius 3 is 2.65 bits per heavy atom. The fourth-order valence-electron chi connectivity index (χ4n) is 2.32. The van der Waals surface area contributed by atoms with E-state index < -0.39 is 5.54 Å². The molecule has 92 valence electrons. The number of rotatable bonds is 3. The minimum absolute atomic E-state index is 0.161. The Kier molecular flexibility index (Phi) is 3.19. The summed E-state index contributed by atoms with van der Waals surface area (Å²) in [6.45, 7) is 1.76. The fraction of sp³-hybridized carbons (Fsp3) is 0.500. The van der Waals surface area contributed by atoms with Crippen molar-refractivity contribution in [2.45, 2.75) is 38.1 Å². The summed E-state index contributed by atoms with van der Waals surface area (Å²) >= 11 is 5.09. The molecule has 0 spiro atoms. The van der Waals surface area contributed by atoms with Gasteiger partial charge >= 0.3 is 0 Å². The van der Waals surface area contributed by atoms with Crippen LogP contribution in [0.3, 0.4) is 0 Å². The van der Waals surface area contributed by atoms with Gasteiger partial charge in [0, 0.05) is 0 Å². The molecular weight excluding hydrogens is 236 g/mol. The van der Waals surface area contributed by atoms with E-state index in [1.54, 1.807) is 13.0 Å². The second kappa shape index (κ2) is 4.49. The summed E-state index contributed by atoms with van der Waals surface area (Å²) in [6, 6.07) is 1.66. The van der Waals surface area contributed by atoms with Crippen LogP contribution in [0, 0.1) is 6.92 Å². The van der Waals surface area contributed by atoms with Crippen LogP contribution < -0.4 is 11.1 Å². The normalized spacial score (nSPS) is 17.9. The van der Waals surface area contributed by atoms with E-state index in [0.29, 0.717) is 16.3 Å². The summed E-state index contributed by atoms with van der Waals surface area (Å²) in [5, 5.41) is 2.97. The molecule has 1 amide bonds. The number of hydrogen-bond acceptors (Lipinski definition) is 3. The lowest BCUT2D eigenvalue weighted by Gasteiger charge is -2.28. The van der Waals surface area contributed by atoms with Gasteiger partial charge in [0.2, 0.25) is 0 Å². The van der Waals surface area contributed by atoms with Crippen molar-refractivity contribution in [1.29, 1.82) is 0 Å². The van der Waals surface area contributed by atoms with Crippen molar-refractivity contribution in [3.8, 4) is 0 Å². The van der Waals surface area contributed by atoms with Gasteiger partial charge in [-0.1, -0.05) is 25.1 Å². The molecule has 0 saturated heterocycles. The van der Waals surface area contributed by atoms with Crippen LogP contribution >= 0.6 is 12.2 Å². The SMILES string of the molecule is Cc1occc1C(=O)NC1(C(N)=S)CCCC1. The van der Waals surface area contributed by atoms with Crippen molar-refractivity contribution in [1.82, 2.24) is 5.32 Å². The Balaban J connectivity index is 2.17. The van der Waals surface area contributed by atoms with Crippen molar-refractivity contribution in [2.75, 3.05) is 0 Å². The molecule has 1 aromatic heterocycles. The standard InChI is InChI=1S/C12H16N2O2S/c1-8-9(4-7-16-8)10(15)14-12(11(13)17)5-2-3-6-12/h4,7H,2-3,5-6H2,1H3,(H2,13,17)(H,14,15). The second-order valence-corrected chi connectivity index (χ2v) is 4.94. The molecule has 3 N–H and O–H groups in total. The number of aryl methyl sites for hydroxylation is 1. The Bertz CT molecular complexity index is 447. The first-order valence-electron chi connectivity index (χ1n) is 5.72. The molecule has 1 aromatic rings. The first-order valence-corrected chi connectivity index (χ1v) is 6.12. The number of amides is 1. The summed E-state index contributed by atoms with van der Waals surface area (Å²) in [6.07, 6.45) is 5.24. The molecule has 17 heavy (non-hydrogen) atoms. The average molecular weight is 252 g/mol. The Hall–Kier alpha value is -1.36. The minimum Gasteiger partial charge on any atom is -0.469 e. The average Bonchev–Trinajstić information content (AvgIpc) is 2.87. The van der Waals surface area contributed by atoms with E-state index in [0.717, 1.165) is 25.7 Å². The lowest BCUT2D eigenvalue weighted by Crippen LogP contribution is -2.54. The molecule has 1 fully saturated rings. The van der Waals surface area contributed by atoms with Crippen LogP contribution in [-0.2, 0) is 0 Å². The molecule has 0 unspecified atom stereocenters. The molecule has 5 heteroatoms. The zero-order chi connectivity index (χ0) is 12.5. The highest BCUT2D eigenvalue weighted by molar-refractivity contribution is 7.80. The van der Waals surface area contributed by atoms with Gasteiger partial charge in [-0.05, 0) is 25.8 Å². The van der Waals surface area contributed by atoms with E-state index in [4.69, 9.17) is 22.4 Å². The first kappa shape index (κ1) is 12.1. The number of thiocarbonyl (C=S) groups is 1. The van der Waals surface area contributed by atoms with Gasteiger partial charge in [-0.3, -0.25) is 4.79 Å². The van der Waals surface area contributed by atoms with Crippen molar-refractivity contribution in [3.63, 3.8) is 0 Å². The van der Waals surface area contributed by atoms with Crippen molar-refractivity contribution in [3.05, 3.63) is 23.7 Å². The quantitative estimate of drug-likeness (QED) is 0.806. The third-order valence-corrected chi connectivity index (χ3v) is 3.78. The summed E-state index contributed by atoms with van der Waals surface area (Å²) in [4.78, 5) is 12.5. The third-order valence-electron chi connectivity index (χ3n) is 3.39. The highest BCUT2D eigenvalue weighted by Crippen LogP contribution is 2.30. The van der Waals surface area contributed by atoms with Crippen molar-refractivity contribution < 1.29 is 9.21 Å². The van der Waals surface area contributed by atoms with Crippen LogP contribution in [0.5, 0.6) is 0 Å².